The van der Waals surface area contributed by atoms with Crippen molar-refractivity contribution in [1.29, 1.82) is 0 Å². The van der Waals surface area contributed by atoms with E-state index in [0.29, 0.717) is 37.6 Å². The third-order valence-electron chi connectivity index (χ3n) is 6.48. The molecule has 3 aromatic rings. The lowest BCUT2D eigenvalue weighted by atomic mass is 9.99. The van der Waals surface area contributed by atoms with Crippen molar-refractivity contribution in [3.63, 3.8) is 0 Å². The van der Waals surface area contributed by atoms with Crippen LogP contribution in [-0.4, -0.2) is 43.3 Å². The number of anilines is 1. The number of piperidine rings is 1. The van der Waals surface area contributed by atoms with Gasteiger partial charge in [-0.3, -0.25) is 4.79 Å². The van der Waals surface area contributed by atoms with Gasteiger partial charge in [-0.05, 0) is 66.4 Å². The average molecular weight is 540 g/mol. The van der Waals surface area contributed by atoms with Crippen molar-refractivity contribution in [3.8, 4) is 16.9 Å². The Labute approximate surface area is 214 Å². The van der Waals surface area contributed by atoms with Crippen molar-refractivity contribution in [3.05, 3.63) is 83.7 Å². The molecule has 0 N–H and O–H groups in total. The number of hydrogen-bond donors (Lipinski definition) is 0. The first-order chi connectivity index (χ1) is 17.8. The van der Waals surface area contributed by atoms with Gasteiger partial charge in [-0.1, -0.05) is 24.3 Å². The van der Waals surface area contributed by atoms with Crippen LogP contribution in [0.25, 0.3) is 11.1 Å². The van der Waals surface area contributed by atoms with Gasteiger partial charge in [0.1, 0.15) is 11.6 Å². The van der Waals surface area contributed by atoms with Gasteiger partial charge >= 0.3 is 12.5 Å². The van der Waals surface area contributed by atoms with Crippen LogP contribution in [0.1, 0.15) is 28.8 Å². The first kappa shape index (κ1) is 27.3. The zero-order chi connectivity index (χ0) is 27.7. The molecule has 4 nitrogen and oxygen atoms in total. The summed E-state index contributed by atoms with van der Waals surface area (Å²) in [5.74, 6) is -2.21. The van der Waals surface area contributed by atoms with E-state index < -0.39 is 35.4 Å². The van der Waals surface area contributed by atoms with Crippen LogP contribution in [0.4, 0.5) is 36.4 Å². The van der Waals surface area contributed by atoms with E-state index in [1.807, 2.05) is 24.3 Å². The van der Waals surface area contributed by atoms with Gasteiger partial charge in [0.2, 0.25) is 0 Å². The number of halogens is 7. The summed E-state index contributed by atoms with van der Waals surface area (Å²) in [6.45, 7) is 1.05. The lowest BCUT2D eigenvalue weighted by molar-refractivity contribution is -0.274. The molecular formula is C27H23F7N2O2. The number of carbonyl (C=O) groups is 1. The van der Waals surface area contributed by atoms with E-state index in [0.717, 1.165) is 23.4 Å². The second-order valence-corrected chi connectivity index (χ2v) is 8.94. The molecule has 0 saturated carbocycles. The number of benzene rings is 3. The van der Waals surface area contributed by atoms with Crippen LogP contribution in [-0.2, 0) is 6.18 Å². The minimum atomic E-state index is -4.87. The minimum Gasteiger partial charge on any atom is -0.406 e. The molecule has 0 aliphatic carbocycles. The van der Waals surface area contributed by atoms with Gasteiger partial charge in [0.15, 0.2) is 0 Å². The molecular weight excluding hydrogens is 517 g/mol. The lowest BCUT2D eigenvalue weighted by Crippen LogP contribution is -2.46. The first-order valence-corrected chi connectivity index (χ1v) is 11.7. The van der Waals surface area contributed by atoms with E-state index in [1.54, 1.807) is 0 Å². The van der Waals surface area contributed by atoms with Crippen LogP contribution in [0.3, 0.4) is 0 Å². The highest BCUT2D eigenvalue weighted by Crippen LogP contribution is 2.34. The summed E-state index contributed by atoms with van der Waals surface area (Å²) in [4.78, 5) is 16.2. The molecule has 11 heteroatoms. The van der Waals surface area contributed by atoms with Gasteiger partial charge in [0, 0.05) is 31.9 Å². The van der Waals surface area contributed by atoms with Gasteiger partial charge in [0.25, 0.3) is 5.91 Å². The molecule has 0 radical (unpaired) electrons. The molecule has 3 aromatic carbocycles. The SMILES string of the molecule is CN(C(=O)c1ccc(F)cc1C(F)(F)F)C1CCN(c2cccc(-c3ccc(OC(F)(F)F)cc3)c2)CC1. The van der Waals surface area contributed by atoms with E-state index in [4.69, 9.17) is 0 Å². The maximum absolute atomic E-state index is 13.4. The van der Waals surface area contributed by atoms with Crippen LogP contribution >= 0.6 is 0 Å². The molecule has 1 aliphatic heterocycles. The quantitative estimate of drug-likeness (QED) is 0.322. The lowest BCUT2D eigenvalue weighted by Gasteiger charge is -2.38. The molecule has 0 atom stereocenters. The standard InChI is InChI=1S/C27H23F7N2O2/c1-35(25(37)23-10-7-19(28)16-24(23)26(29,30)31)20-11-13-36(14-12-20)21-4-2-3-18(15-21)17-5-8-22(9-6-17)38-27(32,33)34/h2-10,15-16,20H,11-14H2,1H3. The fourth-order valence-electron chi connectivity index (χ4n) is 4.54. The number of alkyl halides is 6. The minimum absolute atomic E-state index is 0.311. The molecule has 0 aromatic heterocycles. The number of carbonyl (C=O) groups excluding carboxylic acids is 1. The van der Waals surface area contributed by atoms with Crippen molar-refractivity contribution in [2.45, 2.75) is 31.4 Å². The number of nitrogens with zero attached hydrogens (tertiary/aromatic N) is 2. The van der Waals surface area contributed by atoms with E-state index in [-0.39, 0.29) is 11.8 Å². The summed E-state index contributed by atoms with van der Waals surface area (Å²) in [5.41, 5.74) is 0.445. The van der Waals surface area contributed by atoms with E-state index in [9.17, 15) is 35.5 Å². The van der Waals surface area contributed by atoms with Crippen LogP contribution in [0.2, 0.25) is 0 Å². The van der Waals surface area contributed by atoms with E-state index in [2.05, 4.69) is 9.64 Å². The summed E-state index contributed by atoms with van der Waals surface area (Å²) >= 11 is 0. The molecule has 1 heterocycles. The van der Waals surface area contributed by atoms with Gasteiger partial charge in [0.05, 0.1) is 11.1 Å². The molecule has 1 fully saturated rings. The highest BCUT2D eigenvalue weighted by Gasteiger charge is 2.37. The van der Waals surface area contributed by atoms with E-state index >= 15 is 0 Å². The smallest absolute Gasteiger partial charge is 0.406 e. The highest BCUT2D eigenvalue weighted by atomic mass is 19.4. The third-order valence-corrected chi connectivity index (χ3v) is 6.48. The van der Waals surface area contributed by atoms with Crippen molar-refractivity contribution in [2.75, 3.05) is 25.0 Å². The molecule has 1 saturated heterocycles. The Balaban J connectivity index is 1.42. The van der Waals surface area contributed by atoms with Crippen molar-refractivity contribution < 1.29 is 40.3 Å². The molecule has 202 valence electrons. The van der Waals surface area contributed by atoms with Crippen LogP contribution in [0, 0.1) is 5.82 Å². The number of rotatable bonds is 5. The zero-order valence-electron chi connectivity index (χ0n) is 20.1. The zero-order valence-corrected chi connectivity index (χ0v) is 20.1. The highest BCUT2D eigenvalue weighted by molar-refractivity contribution is 5.96. The van der Waals surface area contributed by atoms with Gasteiger partial charge < -0.3 is 14.5 Å². The fourth-order valence-corrected chi connectivity index (χ4v) is 4.54. The van der Waals surface area contributed by atoms with E-state index in [1.165, 1.54) is 36.2 Å². The van der Waals surface area contributed by atoms with Crippen molar-refractivity contribution in [1.82, 2.24) is 4.90 Å². The van der Waals surface area contributed by atoms with Crippen LogP contribution in [0.5, 0.6) is 5.75 Å². The summed E-state index contributed by atoms with van der Waals surface area (Å²) < 4.78 is 94.7. The van der Waals surface area contributed by atoms with Crippen LogP contribution in [0.15, 0.2) is 66.7 Å². The normalized spacial score (nSPS) is 14.9. The topological polar surface area (TPSA) is 32.8 Å². The fraction of sp³-hybridized carbons (Fsp3) is 0.296. The maximum Gasteiger partial charge on any atom is 0.573 e. The van der Waals surface area contributed by atoms with Crippen molar-refractivity contribution >= 4 is 11.6 Å². The summed E-state index contributed by atoms with van der Waals surface area (Å²) in [5, 5.41) is 0. The second kappa shape index (κ2) is 10.5. The predicted molar refractivity (Wildman–Crippen MR) is 127 cm³/mol. The molecule has 1 amide bonds. The largest absolute Gasteiger partial charge is 0.573 e. The predicted octanol–water partition coefficient (Wildman–Crippen LogP) is 7.15. The summed E-state index contributed by atoms with van der Waals surface area (Å²) in [7, 11) is 1.44. The Morgan fingerprint density at radius 1 is 0.895 bits per heavy atom. The number of ether oxygens (including phenoxy) is 1. The molecule has 0 unspecified atom stereocenters. The summed E-state index contributed by atoms with van der Waals surface area (Å²) in [6, 6.07) is 14.7. The number of amides is 1. The Hall–Kier alpha value is -3.76. The third kappa shape index (κ3) is 6.38. The molecule has 38 heavy (non-hydrogen) atoms. The van der Waals surface area contributed by atoms with Gasteiger partial charge in [-0.15, -0.1) is 13.2 Å². The monoisotopic (exact) mass is 540 g/mol. The molecule has 1 aliphatic rings. The summed E-state index contributed by atoms with van der Waals surface area (Å²) in [6.07, 6.45) is -8.64. The second-order valence-electron chi connectivity index (χ2n) is 8.94. The Morgan fingerprint density at radius 3 is 2.16 bits per heavy atom. The van der Waals surface area contributed by atoms with Crippen molar-refractivity contribution in [2.24, 2.45) is 0 Å². The molecule has 4 rings (SSSR count). The van der Waals surface area contributed by atoms with Gasteiger partial charge in [-0.25, -0.2) is 4.39 Å². The Kier molecular flexibility index (Phi) is 7.57. The maximum atomic E-state index is 13.4. The molecule has 0 spiro atoms. The number of hydrogen-bond acceptors (Lipinski definition) is 3. The van der Waals surface area contributed by atoms with Gasteiger partial charge in [-0.2, -0.15) is 13.2 Å². The average Bonchev–Trinajstić information content (AvgIpc) is 2.87. The van der Waals surface area contributed by atoms with Crippen LogP contribution < -0.4 is 9.64 Å². The Bertz CT molecular complexity index is 1280. The Morgan fingerprint density at radius 2 is 1.55 bits per heavy atom. The molecule has 0 bridgehead atoms. The first-order valence-electron chi connectivity index (χ1n) is 11.7.